The standard InChI is InChI=1S/C15H12ClN3O2/c1-9(15(20)21)19-13(10-4-6-11(16)7-5-10)18-12-3-2-8-17-14(12)19/h2-9H,1H3,(H,20,21). The average molecular weight is 302 g/mol. The highest BCUT2D eigenvalue weighted by Gasteiger charge is 2.22. The first-order chi connectivity index (χ1) is 10.1. The fourth-order valence-electron chi connectivity index (χ4n) is 2.21. The highest BCUT2D eigenvalue weighted by molar-refractivity contribution is 6.30. The van der Waals surface area contributed by atoms with E-state index >= 15 is 0 Å². The van der Waals surface area contributed by atoms with E-state index in [9.17, 15) is 9.90 Å². The maximum absolute atomic E-state index is 11.4. The number of imidazole rings is 1. The number of fused-ring (bicyclic) bond motifs is 1. The molecule has 1 atom stereocenters. The van der Waals surface area contributed by atoms with Crippen molar-refractivity contribution >= 4 is 28.7 Å². The monoisotopic (exact) mass is 301 g/mol. The Kier molecular flexibility index (Phi) is 3.35. The molecule has 0 saturated carbocycles. The zero-order valence-electron chi connectivity index (χ0n) is 11.2. The number of halogens is 1. The van der Waals surface area contributed by atoms with E-state index in [0.29, 0.717) is 22.0 Å². The lowest BCUT2D eigenvalue weighted by atomic mass is 10.2. The Labute approximate surface area is 125 Å². The van der Waals surface area contributed by atoms with Crippen LogP contribution >= 0.6 is 11.6 Å². The van der Waals surface area contributed by atoms with Crippen molar-refractivity contribution in [1.29, 1.82) is 0 Å². The highest BCUT2D eigenvalue weighted by Crippen LogP contribution is 2.28. The summed E-state index contributed by atoms with van der Waals surface area (Å²) in [6.45, 7) is 1.61. The predicted molar refractivity (Wildman–Crippen MR) is 80.3 cm³/mol. The third-order valence-electron chi connectivity index (χ3n) is 3.30. The molecule has 0 saturated heterocycles. The Morgan fingerprint density at radius 3 is 2.67 bits per heavy atom. The number of rotatable bonds is 3. The molecule has 6 heteroatoms. The summed E-state index contributed by atoms with van der Waals surface area (Å²) in [6.07, 6.45) is 1.63. The van der Waals surface area contributed by atoms with Crippen LogP contribution in [0, 0.1) is 0 Å². The zero-order valence-corrected chi connectivity index (χ0v) is 11.9. The normalized spacial score (nSPS) is 12.5. The van der Waals surface area contributed by atoms with Crippen molar-refractivity contribution in [3.63, 3.8) is 0 Å². The Bertz CT molecular complexity index is 811. The quantitative estimate of drug-likeness (QED) is 0.805. The van der Waals surface area contributed by atoms with Crippen molar-refractivity contribution in [2.75, 3.05) is 0 Å². The summed E-state index contributed by atoms with van der Waals surface area (Å²) in [5.41, 5.74) is 2.01. The first kappa shape index (κ1) is 13.6. The van der Waals surface area contributed by atoms with Crippen LogP contribution < -0.4 is 0 Å². The fraction of sp³-hybridized carbons (Fsp3) is 0.133. The molecule has 0 spiro atoms. The van der Waals surface area contributed by atoms with Gasteiger partial charge in [-0.3, -0.25) is 4.57 Å². The molecule has 2 aromatic heterocycles. The molecule has 0 amide bonds. The number of benzene rings is 1. The minimum Gasteiger partial charge on any atom is -0.480 e. The molecule has 3 aromatic rings. The van der Waals surface area contributed by atoms with Crippen molar-refractivity contribution in [3.05, 3.63) is 47.6 Å². The number of nitrogens with zero attached hydrogens (tertiary/aromatic N) is 3. The molecular formula is C15H12ClN3O2. The van der Waals surface area contributed by atoms with Gasteiger partial charge >= 0.3 is 5.97 Å². The molecule has 0 fully saturated rings. The Morgan fingerprint density at radius 2 is 2.00 bits per heavy atom. The Balaban J connectivity index is 2.28. The molecule has 0 aliphatic carbocycles. The number of hydrogen-bond donors (Lipinski definition) is 1. The lowest BCUT2D eigenvalue weighted by molar-refractivity contribution is -0.140. The molecule has 3 rings (SSSR count). The van der Waals surface area contributed by atoms with Gasteiger partial charge in [0.1, 0.15) is 17.4 Å². The molecule has 21 heavy (non-hydrogen) atoms. The van der Waals surface area contributed by atoms with Gasteiger partial charge in [-0.2, -0.15) is 0 Å². The fourth-order valence-corrected chi connectivity index (χ4v) is 2.34. The summed E-state index contributed by atoms with van der Waals surface area (Å²) >= 11 is 5.90. The largest absolute Gasteiger partial charge is 0.480 e. The van der Waals surface area contributed by atoms with Crippen LogP contribution in [0.5, 0.6) is 0 Å². The second-order valence-corrected chi connectivity index (χ2v) is 5.11. The van der Waals surface area contributed by atoms with Gasteiger partial charge in [0.15, 0.2) is 5.65 Å². The first-order valence-electron chi connectivity index (χ1n) is 6.39. The highest BCUT2D eigenvalue weighted by atomic mass is 35.5. The molecule has 1 aromatic carbocycles. The smallest absolute Gasteiger partial charge is 0.326 e. The number of hydrogen-bond acceptors (Lipinski definition) is 3. The van der Waals surface area contributed by atoms with Gasteiger partial charge in [-0.25, -0.2) is 14.8 Å². The minimum atomic E-state index is -0.935. The average Bonchev–Trinajstić information content (AvgIpc) is 2.86. The topological polar surface area (TPSA) is 68.0 Å². The number of carboxylic acids is 1. The van der Waals surface area contributed by atoms with Gasteiger partial charge in [0.05, 0.1) is 0 Å². The van der Waals surface area contributed by atoms with E-state index in [4.69, 9.17) is 11.6 Å². The molecule has 106 valence electrons. The van der Waals surface area contributed by atoms with E-state index in [-0.39, 0.29) is 0 Å². The summed E-state index contributed by atoms with van der Waals surface area (Å²) in [6, 6.07) is 9.95. The van der Waals surface area contributed by atoms with Crippen LogP contribution in [0.1, 0.15) is 13.0 Å². The number of aromatic nitrogens is 3. The van der Waals surface area contributed by atoms with Crippen molar-refractivity contribution in [1.82, 2.24) is 14.5 Å². The van der Waals surface area contributed by atoms with Gasteiger partial charge in [-0.1, -0.05) is 11.6 Å². The third-order valence-corrected chi connectivity index (χ3v) is 3.55. The van der Waals surface area contributed by atoms with Gasteiger partial charge in [0.2, 0.25) is 0 Å². The van der Waals surface area contributed by atoms with Crippen LogP contribution in [0.4, 0.5) is 0 Å². The van der Waals surface area contributed by atoms with Gasteiger partial charge < -0.3 is 5.11 Å². The zero-order chi connectivity index (χ0) is 15.0. The van der Waals surface area contributed by atoms with Crippen LogP contribution in [-0.4, -0.2) is 25.6 Å². The van der Waals surface area contributed by atoms with Gasteiger partial charge in [0.25, 0.3) is 0 Å². The Hall–Kier alpha value is -2.40. The molecule has 0 bridgehead atoms. The molecule has 0 aliphatic heterocycles. The SMILES string of the molecule is CC(C(=O)O)n1c(-c2ccc(Cl)cc2)nc2cccnc21. The lowest BCUT2D eigenvalue weighted by Crippen LogP contribution is -2.17. The van der Waals surface area contributed by atoms with E-state index in [2.05, 4.69) is 9.97 Å². The molecule has 0 aliphatic rings. The molecule has 1 unspecified atom stereocenters. The van der Waals surface area contributed by atoms with E-state index in [0.717, 1.165) is 5.56 Å². The molecule has 5 nitrogen and oxygen atoms in total. The van der Waals surface area contributed by atoms with Crippen LogP contribution in [0.15, 0.2) is 42.6 Å². The van der Waals surface area contributed by atoms with Crippen molar-refractivity contribution in [3.8, 4) is 11.4 Å². The number of carbonyl (C=O) groups is 1. The van der Waals surface area contributed by atoms with Crippen molar-refractivity contribution in [2.24, 2.45) is 0 Å². The van der Waals surface area contributed by atoms with Gasteiger partial charge in [-0.05, 0) is 43.3 Å². The summed E-state index contributed by atoms with van der Waals surface area (Å²) in [5.74, 6) is -0.370. The van der Waals surface area contributed by atoms with E-state index in [1.165, 1.54) is 0 Å². The summed E-state index contributed by atoms with van der Waals surface area (Å²) < 4.78 is 1.63. The number of carboxylic acid groups (broad SMARTS) is 1. The van der Waals surface area contributed by atoms with Crippen LogP contribution in [-0.2, 0) is 4.79 Å². The summed E-state index contributed by atoms with van der Waals surface area (Å²) in [4.78, 5) is 20.2. The second-order valence-electron chi connectivity index (χ2n) is 4.67. The van der Waals surface area contributed by atoms with Gasteiger partial charge in [0, 0.05) is 16.8 Å². The second kappa shape index (κ2) is 5.18. The number of pyridine rings is 1. The maximum Gasteiger partial charge on any atom is 0.326 e. The van der Waals surface area contributed by atoms with E-state index in [1.807, 2.05) is 18.2 Å². The van der Waals surface area contributed by atoms with Crippen LogP contribution in [0.3, 0.4) is 0 Å². The molecular weight excluding hydrogens is 290 g/mol. The molecule has 1 N–H and O–H groups in total. The Morgan fingerprint density at radius 1 is 1.29 bits per heavy atom. The maximum atomic E-state index is 11.4. The number of aliphatic carboxylic acids is 1. The van der Waals surface area contributed by atoms with Crippen LogP contribution in [0.2, 0.25) is 5.02 Å². The van der Waals surface area contributed by atoms with Gasteiger partial charge in [-0.15, -0.1) is 0 Å². The predicted octanol–water partition coefficient (Wildman–Crippen LogP) is 3.40. The van der Waals surface area contributed by atoms with Crippen LogP contribution in [0.25, 0.3) is 22.6 Å². The van der Waals surface area contributed by atoms with E-state index < -0.39 is 12.0 Å². The molecule has 0 radical (unpaired) electrons. The molecule has 2 heterocycles. The minimum absolute atomic E-state index is 0.553. The summed E-state index contributed by atoms with van der Waals surface area (Å²) in [7, 11) is 0. The van der Waals surface area contributed by atoms with E-state index in [1.54, 1.807) is 35.9 Å². The third kappa shape index (κ3) is 2.36. The first-order valence-corrected chi connectivity index (χ1v) is 6.77. The lowest BCUT2D eigenvalue weighted by Gasteiger charge is -2.13. The summed E-state index contributed by atoms with van der Waals surface area (Å²) in [5, 5.41) is 9.95. The van der Waals surface area contributed by atoms with Crippen molar-refractivity contribution < 1.29 is 9.90 Å². The van der Waals surface area contributed by atoms with Crippen molar-refractivity contribution in [2.45, 2.75) is 13.0 Å².